The van der Waals surface area contributed by atoms with Crippen molar-refractivity contribution in [1.82, 2.24) is 0 Å². The molecular formula is C30H37NO8P+. The molecule has 0 saturated heterocycles. The Bertz CT molecular complexity index is 1540. The molecule has 40 heavy (non-hydrogen) atoms. The normalized spacial score (nSPS) is 13.4. The van der Waals surface area contributed by atoms with Gasteiger partial charge in [-0.2, -0.15) is 0 Å². The molecule has 0 amide bonds. The number of rotatable bonds is 13. The van der Waals surface area contributed by atoms with Gasteiger partial charge >= 0.3 is 7.82 Å². The van der Waals surface area contributed by atoms with Crippen molar-refractivity contribution >= 4 is 18.8 Å². The van der Waals surface area contributed by atoms with Gasteiger partial charge in [0.05, 0.1) is 41.4 Å². The Morgan fingerprint density at radius 2 is 1.65 bits per heavy atom. The van der Waals surface area contributed by atoms with E-state index in [-0.39, 0.29) is 12.0 Å². The second kappa shape index (κ2) is 12.5. The molecular weight excluding hydrogens is 533 g/mol. The van der Waals surface area contributed by atoms with E-state index in [2.05, 4.69) is 21.1 Å². The van der Waals surface area contributed by atoms with Gasteiger partial charge in [0.15, 0.2) is 12.2 Å². The van der Waals surface area contributed by atoms with Gasteiger partial charge in [0, 0.05) is 28.6 Å². The van der Waals surface area contributed by atoms with Crippen molar-refractivity contribution in [3.8, 4) is 33.9 Å². The molecule has 1 unspecified atom stereocenters. The summed E-state index contributed by atoms with van der Waals surface area (Å²) in [6.45, 7) is 2.66. The van der Waals surface area contributed by atoms with E-state index in [0.29, 0.717) is 23.5 Å². The summed E-state index contributed by atoms with van der Waals surface area (Å²) in [7, 11) is 3.75. The van der Waals surface area contributed by atoms with Crippen LogP contribution in [0.25, 0.3) is 33.4 Å². The summed E-state index contributed by atoms with van der Waals surface area (Å²) >= 11 is 0. The fourth-order valence-corrected chi connectivity index (χ4v) is 5.14. The van der Waals surface area contributed by atoms with Crippen molar-refractivity contribution in [2.75, 3.05) is 48.2 Å². The minimum atomic E-state index is -4.25. The van der Waals surface area contributed by atoms with Crippen LogP contribution in [0, 0.1) is 6.92 Å². The van der Waals surface area contributed by atoms with Gasteiger partial charge in [-0.05, 0) is 73.7 Å². The summed E-state index contributed by atoms with van der Waals surface area (Å²) in [5.41, 5.74) is 4.00. The molecule has 10 heteroatoms. The molecule has 2 aliphatic rings. The fourth-order valence-electron chi connectivity index (χ4n) is 4.52. The zero-order chi connectivity index (χ0) is 28.9. The Labute approximate surface area is 234 Å². The number of quaternary nitrogens is 1. The Kier molecular flexibility index (Phi) is 9.33. The van der Waals surface area contributed by atoms with Crippen LogP contribution in [-0.2, 0) is 13.6 Å². The molecule has 9 nitrogen and oxygen atoms in total. The van der Waals surface area contributed by atoms with E-state index in [1.54, 1.807) is 25.3 Å². The third kappa shape index (κ3) is 7.71. The van der Waals surface area contributed by atoms with Crippen LogP contribution >= 0.6 is 7.82 Å². The lowest BCUT2D eigenvalue weighted by atomic mass is 9.91. The van der Waals surface area contributed by atoms with Crippen molar-refractivity contribution in [3.05, 3.63) is 70.4 Å². The number of phosphoric ester groups is 1. The first-order valence-corrected chi connectivity index (χ1v) is 14.7. The van der Waals surface area contributed by atoms with Crippen molar-refractivity contribution in [1.29, 1.82) is 0 Å². The highest BCUT2D eigenvalue weighted by molar-refractivity contribution is 7.47. The molecule has 1 heterocycles. The highest BCUT2D eigenvalue weighted by atomic mass is 31.2. The van der Waals surface area contributed by atoms with Crippen LogP contribution in [0.3, 0.4) is 0 Å². The maximum Gasteiger partial charge on any atom is 0.475 e. The van der Waals surface area contributed by atoms with Gasteiger partial charge < -0.3 is 23.3 Å². The molecule has 0 aromatic heterocycles. The predicted molar refractivity (Wildman–Crippen MR) is 155 cm³/mol. The molecule has 4 rings (SSSR count). The summed E-state index contributed by atoms with van der Waals surface area (Å²) in [6.07, 6.45) is 2.56. The van der Waals surface area contributed by atoms with Crippen LogP contribution in [-0.4, -0.2) is 57.6 Å². The lowest BCUT2D eigenvalue weighted by Crippen LogP contribution is -2.35. The molecule has 2 aromatic carbocycles. The number of methoxy groups -OCH3 is 1. The van der Waals surface area contributed by atoms with Gasteiger partial charge in [0.25, 0.3) is 0 Å². The number of hydrogen-bond acceptors (Lipinski definition) is 7. The van der Waals surface area contributed by atoms with Crippen molar-refractivity contribution in [2.24, 2.45) is 0 Å². The lowest BCUT2D eigenvalue weighted by molar-refractivity contribution is -0.870. The van der Waals surface area contributed by atoms with E-state index >= 15 is 0 Å². The highest BCUT2D eigenvalue weighted by Gasteiger charge is 2.22. The van der Waals surface area contributed by atoms with Crippen LogP contribution in [0.1, 0.15) is 24.8 Å². The molecule has 1 aliphatic carbocycles. The van der Waals surface area contributed by atoms with E-state index in [0.717, 1.165) is 57.3 Å². The van der Waals surface area contributed by atoms with Gasteiger partial charge in [0.1, 0.15) is 22.8 Å². The number of unbranched alkanes of at least 4 members (excludes halogenated alkanes) is 2. The van der Waals surface area contributed by atoms with Gasteiger partial charge in [0.2, 0.25) is 0 Å². The third-order valence-electron chi connectivity index (χ3n) is 6.54. The predicted octanol–water partition coefficient (Wildman–Crippen LogP) is 6.23. The van der Waals surface area contributed by atoms with Gasteiger partial charge in [-0.3, -0.25) is 9.32 Å². The van der Waals surface area contributed by atoms with Crippen LogP contribution < -0.4 is 14.9 Å². The number of hydrogen-bond donors (Lipinski definition) is 1. The van der Waals surface area contributed by atoms with Crippen LogP contribution in [0.15, 0.2) is 63.8 Å². The molecule has 0 saturated carbocycles. The number of phosphoric acid groups is 1. The minimum absolute atomic E-state index is 0.127. The van der Waals surface area contributed by atoms with Crippen LogP contribution in [0.5, 0.6) is 11.5 Å². The molecule has 0 fully saturated rings. The average Bonchev–Trinajstić information content (AvgIpc) is 2.88. The van der Waals surface area contributed by atoms with Crippen LogP contribution in [0.2, 0.25) is 0 Å². The maximum absolute atomic E-state index is 12.2. The van der Waals surface area contributed by atoms with Gasteiger partial charge in [-0.1, -0.05) is 6.07 Å². The first kappa shape index (κ1) is 29.8. The number of benzene rings is 3. The average molecular weight is 571 g/mol. The standard InChI is InChI=1S/C30H36NO8P/c1-21-17-23(35-5)10-13-25(21)30-26-12-9-22(32)18-28(26)39-29-19-24(11-14-27(29)30)36-20-38-40(33,34)37-16-8-6-7-15-31(2,3)4/h9-14,17-19H,6-8,15-16,20H2,1-5H3/p+1. The number of aryl methyl sites for hydroxylation is 1. The lowest BCUT2D eigenvalue weighted by Gasteiger charge is -2.23. The van der Waals surface area contributed by atoms with E-state index in [1.807, 2.05) is 31.2 Å². The molecule has 214 valence electrons. The second-order valence-corrected chi connectivity index (χ2v) is 12.2. The topological polar surface area (TPSA) is 104 Å². The summed E-state index contributed by atoms with van der Waals surface area (Å²) in [5, 5.41) is 0.814. The van der Waals surface area contributed by atoms with Crippen molar-refractivity contribution in [2.45, 2.75) is 26.2 Å². The van der Waals surface area contributed by atoms with Crippen molar-refractivity contribution in [3.63, 3.8) is 0 Å². The van der Waals surface area contributed by atoms with Crippen molar-refractivity contribution < 1.29 is 36.9 Å². The molecule has 0 radical (unpaired) electrons. The quantitative estimate of drug-likeness (QED) is 0.0664. The van der Waals surface area contributed by atoms with E-state index in [4.69, 9.17) is 22.9 Å². The van der Waals surface area contributed by atoms with Gasteiger partial charge in [-0.15, -0.1) is 0 Å². The summed E-state index contributed by atoms with van der Waals surface area (Å²) < 4.78 is 40.2. The fraction of sp³-hybridized carbons (Fsp3) is 0.367. The second-order valence-electron chi connectivity index (χ2n) is 10.7. The maximum atomic E-state index is 12.2. The zero-order valence-corrected chi connectivity index (χ0v) is 24.5. The van der Waals surface area contributed by atoms with Gasteiger partial charge in [-0.25, -0.2) is 9.09 Å². The summed E-state index contributed by atoms with van der Waals surface area (Å²) in [5.74, 6) is 1.55. The number of ether oxygens (including phenoxy) is 2. The molecule has 1 N–H and O–H groups in total. The number of nitrogens with zero attached hydrogens (tertiary/aromatic N) is 1. The molecule has 2 aromatic rings. The summed E-state index contributed by atoms with van der Waals surface area (Å²) in [6, 6.07) is 15.8. The molecule has 1 atom stereocenters. The Morgan fingerprint density at radius 3 is 2.38 bits per heavy atom. The molecule has 0 spiro atoms. The van der Waals surface area contributed by atoms with E-state index < -0.39 is 14.6 Å². The largest absolute Gasteiger partial charge is 0.497 e. The number of fused-ring (bicyclic) bond motifs is 2. The minimum Gasteiger partial charge on any atom is -0.497 e. The highest BCUT2D eigenvalue weighted by Crippen LogP contribution is 2.44. The first-order valence-electron chi connectivity index (χ1n) is 13.2. The molecule has 0 bridgehead atoms. The van der Waals surface area contributed by atoms with E-state index in [9.17, 15) is 14.3 Å². The van der Waals surface area contributed by atoms with Crippen LogP contribution in [0.4, 0.5) is 0 Å². The zero-order valence-electron chi connectivity index (χ0n) is 23.6. The van der Waals surface area contributed by atoms with E-state index in [1.165, 1.54) is 12.1 Å². The smallest absolute Gasteiger partial charge is 0.475 e. The third-order valence-corrected chi connectivity index (χ3v) is 7.48. The Hall–Kier alpha value is -3.20. The Morgan fingerprint density at radius 1 is 0.900 bits per heavy atom. The molecule has 1 aliphatic heterocycles. The monoisotopic (exact) mass is 570 g/mol. The summed E-state index contributed by atoms with van der Waals surface area (Å²) in [4.78, 5) is 22.1. The first-order chi connectivity index (χ1) is 19.0. The Balaban J connectivity index is 1.48. The SMILES string of the molecule is COc1ccc(-c2c3ccc(=O)cc-3oc3cc(OCOP(=O)(O)OCCCCC[N+](C)(C)C)ccc23)c(C)c1.